The molecule has 1 N–H and O–H groups in total. The van der Waals surface area contributed by atoms with E-state index in [1.807, 2.05) is 19.1 Å². The number of hydrogen-bond donors (Lipinski definition) is 1. The number of benzene rings is 1. The van der Waals surface area contributed by atoms with Gasteiger partial charge in [-0.1, -0.05) is 6.07 Å². The van der Waals surface area contributed by atoms with Gasteiger partial charge in [0.15, 0.2) is 0 Å². The molecule has 3 aromatic rings. The largest absolute Gasteiger partial charge is 0.462 e. The average Bonchev–Trinajstić information content (AvgIpc) is 3.05. The lowest BCUT2D eigenvalue weighted by Crippen LogP contribution is -2.14. The fourth-order valence-corrected chi connectivity index (χ4v) is 2.63. The number of anilines is 1. The van der Waals surface area contributed by atoms with Crippen LogP contribution >= 0.6 is 0 Å². The second-order valence-electron chi connectivity index (χ2n) is 5.95. The molecule has 27 heavy (non-hydrogen) atoms. The molecular weight excluding hydrogens is 344 g/mol. The topological polar surface area (TPSA) is 86.1 Å². The molecule has 2 heterocycles. The SMILES string of the molecule is CCOC(=O)c1cnn(-c2ccc(C(=O)Nc3ncccc3C)cc2)c1C. The summed E-state index contributed by atoms with van der Waals surface area (Å²) in [6.45, 7) is 5.74. The summed E-state index contributed by atoms with van der Waals surface area (Å²) in [4.78, 5) is 28.5. The van der Waals surface area contributed by atoms with Gasteiger partial charge in [-0.15, -0.1) is 0 Å². The van der Waals surface area contributed by atoms with E-state index in [0.29, 0.717) is 29.2 Å². The molecule has 0 aliphatic heterocycles. The Balaban J connectivity index is 1.79. The maximum atomic E-state index is 12.4. The van der Waals surface area contributed by atoms with Crippen LogP contribution in [-0.4, -0.2) is 33.2 Å². The van der Waals surface area contributed by atoms with Crippen molar-refractivity contribution < 1.29 is 14.3 Å². The first-order chi connectivity index (χ1) is 13.0. The summed E-state index contributed by atoms with van der Waals surface area (Å²) in [7, 11) is 0. The molecule has 1 amide bonds. The van der Waals surface area contributed by atoms with Crippen LogP contribution in [0.15, 0.2) is 48.8 Å². The number of ether oxygens (including phenoxy) is 1. The van der Waals surface area contributed by atoms with Crippen LogP contribution in [0.1, 0.15) is 38.9 Å². The minimum Gasteiger partial charge on any atom is -0.462 e. The number of pyridine rings is 1. The fourth-order valence-electron chi connectivity index (χ4n) is 2.63. The lowest BCUT2D eigenvalue weighted by atomic mass is 10.2. The highest BCUT2D eigenvalue weighted by Gasteiger charge is 2.16. The Bertz CT molecular complexity index is 977. The van der Waals surface area contributed by atoms with Crippen LogP contribution < -0.4 is 5.32 Å². The van der Waals surface area contributed by atoms with Crippen LogP contribution in [0.4, 0.5) is 5.82 Å². The number of nitrogens with one attached hydrogen (secondary N) is 1. The molecule has 1 aromatic carbocycles. The molecule has 2 aromatic heterocycles. The van der Waals surface area contributed by atoms with Gasteiger partial charge in [0.05, 0.1) is 24.2 Å². The minimum absolute atomic E-state index is 0.243. The molecule has 0 spiro atoms. The number of hydrogen-bond acceptors (Lipinski definition) is 5. The van der Waals surface area contributed by atoms with Crippen molar-refractivity contribution in [3.63, 3.8) is 0 Å². The van der Waals surface area contributed by atoms with Crippen molar-refractivity contribution in [3.8, 4) is 5.69 Å². The Kier molecular flexibility index (Phi) is 5.30. The number of nitrogens with zero attached hydrogens (tertiary/aromatic N) is 3. The van der Waals surface area contributed by atoms with Crippen LogP contribution in [0.2, 0.25) is 0 Å². The Morgan fingerprint density at radius 1 is 1.15 bits per heavy atom. The summed E-state index contributed by atoms with van der Waals surface area (Å²) in [5.74, 6) is -0.107. The third-order valence-corrected chi connectivity index (χ3v) is 4.12. The van der Waals surface area contributed by atoms with Crippen LogP contribution in [0, 0.1) is 13.8 Å². The van der Waals surface area contributed by atoms with Crippen LogP contribution in [-0.2, 0) is 4.74 Å². The van der Waals surface area contributed by atoms with Crippen LogP contribution in [0.5, 0.6) is 0 Å². The molecule has 0 bridgehead atoms. The van der Waals surface area contributed by atoms with Crippen molar-refractivity contribution >= 4 is 17.7 Å². The summed E-state index contributed by atoms with van der Waals surface area (Å²) in [5.41, 5.74) is 3.23. The minimum atomic E-state index is -0.400. The maximum Gasteiger partial charge on any atom is 0.341 e. The van der Waals surface area contributed by atoms with Gasteiger partial charge in [0.1, 0.15) is 11.4 Å². The van der Waals surface area contributed by atoms with E-state index in [9.17, 15) is 9.59 Å². The average molecular weight is 364 g/mol. The quantitative estimate of drug-likeness (QED) is 0.702. The molecule has 0 saturated heterocycles. The highest BCUT2D eigenvalue weighted by Crippen LogP contribution is 2.17. The Morgan fingerprint density at radius 2 is 1.89 bits per heavy atom. The van der Waals surface area contributed by atoms with Crippen molar-refractivity contribution in [1.29, 1.82) is 0 Å². The molecule has 0 aliphatic carbocycles. The van der Waals surface area contributed by atoms with Gasteiger partial charge in [-0.3, -0.25) is 4.79 Å². The zero-order chi connectivity index (χ0) is 19.4. The summed E-state index contributed by atoms with van der Waals surface area (Å²) >= 11 is 0. The number of amides is 1. The maximum absolute atomic E-state index is 12.4. The summed E-state index contributed by atoms with van der Waals surface area (Å²) in [6.07, 6.45) is 3.12. The molecule has 0 saturated carbocycles. The molecule has 0 atom stereocenters. The van der Waals surface area contributed by atoms with Crippen molar-refractivity contribution in [3.05, 3.63) is 71.2 Å². The lowest BCUT2D eigenvalue weighted by Gasteiger charge is -2.09. The van der Waals surface area contributed by atoms with Gasteiger partial charge in [0, 0.05) is 11.8 Å². The zero-order valence-electron chi connectivity index (χ0n) is 15.4. The van der Waals surface area contributed by atoms with E-state index in [4.69, 9.17) is 4.74 Å². The molecule has 0 aliphatic rings. The normalized spacial score (nSPS) is 10.5. The molecule has 0 radical (unpaired) electrons. The van der Waals surface area contributed by atoms with Gasteiger partial charge in [-0.2, -0.15) is 5.10 Å². The first-order valence-corrected chi connectivity index (χ1v) is 8.56. The van der Waals surface area contributed by atoms with E-state index >= 15 is 0 Å². The van der Waals surface area contributed by atoms with Gasteiger partial charge < -0.3 is 10.1 Å². The van der Waals surface area contributed by atoms with Crippen LogP contribution in [0.25, 0.3) is 5.69 Å². The number of esters is 1. The molecule has 3 rings (SSSR count). The summed E-state index contributed by atoms with van der Waals surface area (Å²) in [6, 6.07) is 10.6. The van der Waals surface area contributed by atoms with E-state index in [1.165, 1.54) is 6.20 Å². The first-order valence-electron chi connectivity index (χ1n) is 8.56. The third kappa shape index (κ3) is 3.87. The Labute approximate surface area is 157 Å². The predicted octanol–water partition coefficient (Wildman–Crippen LogP) is 3.31. The van der Waals surface area contributed by atoms with E-state index in [-0.39, 0.29) is 5.91 Å². The van der Waals surface area contributed by atoms with E-state index in [0.717, 1.165) is 11.3 Å². The highest BCUT2D eigenvalue weighted by atomic mass is 16.5. The van der Waals surface area contributed by atoms with E-state index < -0.39 is 5.97 Å². The second-order valence-corrected chi connectivity index (χ2v) is 5.95. The lowest BCUT2D eigenvalue weighted by molar-refractivity contribution is 0.0525. The standard InChI is InChI=1S/C20H20N4O3/c1-4-27-20(26)17-12-22-24(14(17)3)16-9-7-15(8-10-16)19(25)23-18-13(2)6-5-11-21-18/h5-12H,4H2,1-3H3,(H,21,23,25). The highest BCUT2D eigenvalue weighted by molar-refractivity contribution is 6.04. The molecule has 0 unspecified atom stereocenters. The monoisotopic (exact) mass is 364 g/mol. The zero-order valence-corrected chi connectivity index (χ0v) is 15.4. The molecule has 7 heteroatoms. The van der Waals surface area contributed by atoms with Gasteiger partial charge in [-0.25, -0.2) is 14.5 Å². The summed E-state index contributed by atoms with van der Waals surface area (Å²) in [5, 5.41) is 7.04. The second kappa shape index (κ2) is 7.82. The number of aryl methyl sites for hydroxylation is 1. The summed E-state index contributed by atoms with van der Waals surface area (Å²) < 4.78 is 6.66. The van der Waals surface area contributed by atoms with Crippen molar-refractivity contribution in [1.82, 2.24) is 14.8 Å². The number of aromatic nitrogens is 3. The van der Waals surface area contributed by atoms with E-state index in [1.54, 1.807) is 49.0 Å². The third-order valence-electron chi connectivity index (χ3n) is 4.12. The van der Waals surface area contributed by atoms with Gasteiger partial charge in [0.25, 0.3) is 5.91 Å². The van der Waals surface area contributed by atoms with Gasteiger partial charge in [0.2, 0.25) is 0 Å². The van der Waals surface area contributed by atoms with Crippen LogP contribution in [0.3, 0.4) is 0 Å². The number of carbonyl (C=O) groups excluding carboxylic acids is 2. The predicted molar refractivity (Wildman–Crippen MR) is 101 cm³/mol. The molecule has 138 valence electrons. The van der Waals surface area contributed by atoms with Gasteiger partial charge >= 0.3 is 5.97 Å². The first kappa shape index (κ1) is 18.3. The number of carbonyl (C=O) groups is 2. The smallest absolute Gasteiger partial charge is 0.341 e. The van der Waals surface area contributed by atoms with Crippen molar-refractivity contribution in [2.24, 2.45) is 0 Å². The molecule has 7 nitrogen and oxygen atoms in total. The van der Waals surface area contributed by atoms with E-state index in [2.05, 4.69) is 15.4 Å². The Hall–Kier alpha value is -3.48. The number of rotatable bonds is 5. The molecular formula is C20H20N4O3. The van der Waals surface area contributed by atoms with Crippen molar-refractivity contribution in [2.45, 2.75) is 20.8 Å². The van der Waals surface area contributed by atoms with Gasteiger partial charge in [-0.05, 0) is 56.7 Å². The Morgan fingerprint density at radius 3 is 2.56 bits per heavy atom. The van der Waals surface area contributed by atoms with Crippen molar-refractivity contribution in [2.75, 3.05) is 11.9 Å². The fraction of sp³-hybridized carbons (Fsp3) is 0.200. The molecule has 0 fully saturated rings.